The number of nitrogens with one attached hydrogen (secondary N) is 1. The Morgan fingerprint density at radius 1 is 1.36 bits per heavy atom. The van der Waals surface area contributed by atoms with Crippen molar-refractivity contribution in [1.29, 1.82) is 0 Å². The van der Waals surface area contributed by atoms with Crippen LogP contribution in [0.15, 0.2) is 18.2 Å². The van der Waals surface area contributed by atoms with E-state index in [0.29, 0.717) is 23.1 Å². The van der Waals surface area contributed by atoms with Crippen LogP contribution in [0.5, 0.6) is 0 Å². The summed E-state index contributed by atoms with van der Waals surface area (Å²) in [6.07, 6.45) is 4.56. The molecule has 1 heterocycles. The smallest absolute Gasteiger partial charge is 0.0951 e. The second-order valence-electron chi connectivity index (χ2n) is 6.02. The van der Waals surface area contributed by atoms with Gasteiger partial charge in [0, 0.05) is 31.7 Å². The number of methoxy groups -OCH3 is 1. The van der Waals surface area contributed by atoms with Gasteiger partial charge in [-0.25, -0.2) is 0 Å². The number of rotatable bonds is 7. The van der Waals surface area contributed by atoms with E-state index in [4.69, 9.17) is 27.9 Å². The lowest BCUT2D eigenvalue weighted by Gasteiger charge is -2.40. The first-order chi connectivity index (χ1) is 10.6. The van der Waals surface area contributed by atoms with Crippen LogP contribution in [0.25, 0.3) is 0 Å². The van der Waals surface area contributed by atoms with Gasteiger partial charge in [-0.15, -0.1) is 0 Å². The van der Waals surface area contributed by atoms with Crippen LogP contribution in [0, 0.1) is 5.92 Å². The number of benzene rings is 1. The van der Waals surface area contributed by atoms with Crippen molar-refractivity contribution in [2.24, 2.45) is 5.92 Å². The number of halogens is 2. The third kappa shape index (κ3) is 4.15. The molecule has 2 N–H and O–H groups in total. The van der Waals surface area contributed by atoms with Crippen LogP contribution in [0.1, 0.15) is 37.7 Å². The molecule has 0 aromatic heterocycles. The molecule has 0 spiro atoms. The van der Waals surface area contributed by atoms with E-state index in [0.717, 1.165) is 44.3 Å². The maximum atomic E-state index is 11.5. The summed E-state index contributed by atoms with van der Waals surface area (Å²) in [6.45, 7) is 2.53. The van der Waals surface area contributed by atoms with Gasteiger partial charge in [-0.2, -0.15) is 0 Å². The van der Waals surface area contributed by atoms with Crippen LogP contribution in [-0.2, 0) is 10.3 Å². The van der Waals surface area contributed by atoms with Crippen molar-refractivity contribution in [1.82, 2.24) is 5.32 Å². The SMILES string of the molecule is COCCCC[C@@](O)(c1cccc(Cl)c1Cl)C1CCCNC1. The quantitative estimate of drug-likeness (QED) is 0.734. The molecule has 0 bridgehead atoms. The maximum Gasteiger partial charge on any atom is 0.0951 e. The molecule has 1 fully saturated rings. The van der Waals surface area contributed by atoms with E-state index in [2.05, 4.69) is 5.32 Å². The van der Waals surface area contributed by atoms with Gasteiger partial charge in [0.25, 0.3) is 0 Å². The molecule has 0 aliphatic carbocycles. The molecule has 1 aromatic carbocycles. The van der Waals surface area contributed by atoms with Crippen LogP contribution < -0.4 is 5.32 Å². The van der Waals surface area contributed by atoms with Crippen molar-refractivity contribution in [3.05, 3.63) is 33.8 Å². The summed E-state index contributed by atoms with van der Waals surface area (Å²) < 4.78 is 5.11. The Hall–Kier alpha value is -0.320. The number of unbranched alkanes of at least 4 members (excludes halogenated alkanes) is 1. The Labute approximate surface area is 143 Å². The lowest BCUT2D eigenvalue weighted by molar-refractivity contribution is -0.0433. The van der Waals surface area contributed by atoms with Crippen molar-refractivity contribution in [3.8, 4) is 0 Å². The van der Waals surface area contributed by atoms with Gasteiger partial charge in [0.2, 0.25) is 0 Å². The van der Waals surface area contributed by atoms with Crippen molar-refractivity contribution in [2.45, 2.75) is 37.7 Å². The molecule has 1 unspecified atom stereocenters. The molecule has 0 saturated carbocycles. The minimum absolute atomic E-state index is 0.153. The first kappa shape index (κ1) is 18.0. The standard InChI is InChI=1S/C17H25Cl2NO2/c1-22-11-3-2-9-17(21,13-6-5-10-20-12-13)14-7-4-8-15(18)16(14)19/h4,7-8,13,20-21H,2-3,5-6,9-12H2,1H3/t13?,17-/m0/s1. The summed E-state index contributed by atoms with van der Waals surface area (Å²) in [5, 5.41) is 15.8. The Morgan fingerprint density at radius 3 is 2.86 bits per heavy atom. The van der Waals surface area contributed by atoms with Crippen LogP contribution >= 0.6 is 23.2 Å². The summed E-state index contributed by atoms with van der Waals surface area (Å²) in [6, 6.07) is 5.52. The number of hydrogen-bond donors (Lipinski definition) is 2. The van der Waals surface area contributed by atoms with Crippen molar-refractivity contribution in [2.75, 3.05) is 26.8 Å². The zero-order chi connectivity index (χ0) is 16.0. The summed E-state index contributed by atoms with van der Waals surface area (Å²) in [4.78, 5) is 0. The molecule has 1 aromatic rings. The molecule has 1 aliphatic rings. The van der Waals surface area contributed by atoms with Gasteiger partial charge < -0.3 is 15.2 Å². The van der Waals surface area contributed by atoms with Crippen LogP contribution in [0.2, 0.25) is 10.0 Å². The lowest BCUT2D eigenvalue weighted by atomic mass is 9.74. The molecule has 2 atom stereocenters. The molecule has 0 radical (unpaired) electrons. The minimum atomic E-state index is -0.941. The number of piperidine rings is 1. The van der Waals surface area contributed by atoms with E-state index >= 15 is 0 Å². The number of aliphatic hydroxyl groups is 1. The van der Waals surface area contributed by atoms with Gasteiger partial charge in [-0.1, -0.05) is 35.3 Å². The highest BCUT2D eigenvalue weighted by atomic mass is 35.5. The summed E-state index contributed by atoms with van der Waals surface area (Å²) in [5.74, 6) is 0.153. The summed E-state index contributed by atoms with van der Waals surface area (Å²) in [5.41, 5.74) is -0.184. The van der Waals surface area contributed by atoms with E-state index in [-0.39, 0.29) is 5.92 Å². The molecule has 1 aliphatic heterocycles. The Morgan fingerprint density at radius 2 is 2.18 bits per heavy atom. The van der Waals surface area contributed by atoms with Gasteiger partial charge in [0.15, 0.2) is 0 Å². The van der Waals surface area contributed by atoms with Crippen LogP contribution in [-0.4, -0.2) is 31.9 Å². The Balaban J connectivity index is 2.25. The third-order valence-electron chi connectivity index (χ3n) is 4.55. The van der Waals surface area contributed by atoms with Crippen molar-refractivity contribution in [3.63, 3.8) is 0 Å². The van der Waals surface area contributed by atoms with E-state index in [1.807, 2.05) is 12.1 Å². The molecule has 5 heteroatoms. The summed E-state index contributed by atoms with van der Waals surface area (Å²) in [7, 11) is 1.70. The molecule has 2 rings (SSSR count). The van der Waals surface area contributed by atoms with Crippen molar-refractivity contribution < 1.29 is 9.84 Å². The predicted octanol–water partition coefficient (Wildman–Crippen LogP) is 4.00. The van der Waals surface area contributed by atoms with Crippen molar-refractivity contribution >= 4 is 23.2 Å². The maximum absolute atomic E-state index is 11.5. The van der Waals surface area contributed by atoms with E-state index < -0.39 is 5.60 Å². The fraction of sp³-hybridized carbons (Fsp3) is 0.647. The van der Waals surface area contributed by atoms with Crippen LogP contribution in [0.3, 0.4) is 0 Å². The van der Waals surface area contributed by atoms with Gasteiger partial charge in [-0.05, 0) is 44.7 Å². The number of ether oxygens (including phenoxy) is 1. The van der Waals surface area contributed by atoms with E-state index in [1.54, 1.807) is 13.2 Å². The molecule has 124 valence electrons. The molecular weight excluding hydrogens is 321 g/mol. The lowest BCUT2D eigenvalue weighted by Crippen LogP contribution is -2.44. The second kappa shape index (κ2) is 8.51. The highest BCUT2D eigenvalue weighted by Crippen LogP contribution is 2.43. The van der Waals surface area contributed by atoms with Gasteiger partial charge >= 0.3 is 0 Å². The summed E-state index contributed by atoms with van der Waals surface area (Å²) >= 11 is 12.6. The van der Waals surface area contributed by atoms with Crippen LogP contribution in [0.4, 0.5) is 0 Å². The molecule has 3 nitrogen and oxygen atoms in total. The van der Waals surface area contributed by atoms with Gasteiger partial charge in [0.05, 0.1) is 15.6 Å². The predicted molar refractivity (Wildman–Crippen MR) is 91.7 cm³/mol. The molecule has 1 saturated heterocycles. The van der Waals surface area contributed by atoms with Gasteiger partial charge in [-0.3, -0.25) is 0 Å². The highest BCUT2D eigenvalue weighted by Gasteiger charge is 2.40. The molecular formula is C17H25Cl2NO2. The first-order valence-electron chi connectivity index (χ1n) is 7.96. The second-order valence-corrected chi connectivity index (χ2v) is 6.80. The zero-order valence-corrected chi connectivity index (χ0v) is 14.6. The fourth-order valence-corrected chi connectivity index (χ4v) is 3.76. The van der Waals surface area contributed by atoms with E-state index in [1.165, 1.54) is 0 Å². The zero-order valence-electron chi connectivity index (χ0n) is 13.1. The largest absolute Gasteiger partial charge is 0.385 e. The monoisotopic (exact) mass is 345 g/mol. The normalized spacial score (nSPS) is 21.5. The Kier molecular flexibility index (Phi) is 6.97. The topological polar surface area (TPSA) is 41.5 Å². The fourth-order valence-electron chi connectivity index (χ4n) is 3.30. The van der Waals surface area contributed by atoms with E-state index in [9.17, 15) is 5.11 Å². The number of hydrogen-bond acceptors (Lipinski definition) is 3. The average Bonchev–Trinajstić information content (AvgIpc) is 2.55. The average molecular weight is 346 g/mol. The van der Waals surface area contributed by atoms with Gasteiger partial charge in [0.1, 0.15) is 0 Å². The third-order valence-corrected chi connectivity index (χ3v) is 5.37. The molecule has 0 amide bonds. The first-order valence-corrected chi connectivity index (χ1v) is 8.71. The Bertz CT molecular complexity index is 478. The highest BCUT2D eigenvalue weighted by molar-refractivity contribution is 6.42. The molecule has 22 heavy (non-hydrogen) atoms. The minimum Gasteiger partial charge on any atom is -0.385 e.